The fourth-order valence-corrected chi connectivity index (χ4v) is 4.88. The van der Waals surface area contributed by atoms with Crippen LogP contribution in [-0.2, 0) is 5.54 Å². The number of rotatable bonds is 7. The number of hydrogen-bond acceptors (Lipinski definition) is 3. The minimum atomic E-state index is -0.983. The third-order valence-corrected chi connectivity index (χ3v) is 6.57. The molecule has 1 N–H and O–H groups in total. The summed E-state index contributed by atoms with van der Waals surface area (Å²) in [5.74, 6) is 0.514. The number of hydrogen-bond donors (Lipinski definition) is 1. The summed E-state index contributed by atoms with van der Waals surface area (Å²) < 4.78 is 7.55. The zero-order valence-corrected chi connectivity index (χ0v) is 20.0. The molecule has 0 aliphatic rings. The Morgan fingerprint density at radius 3 is 1.80 bits per heavy atom. The zero-order chi connectivity index (χ0) is 24.3. The first-order chi connectivity index (χ1) is 17.1. The van der Waals surface area contributed by atoms with Gasteiger partial charge < -0.3 is 14.4 Å². The molecule has 0 radical (unpaired) electrons. The summed E-state index contributed by atoms with van der Waals surface area (Å²) in [6.45, 7) is 0. The zero-order valence-electron chi connectivity index (χ0n) is 19.3. The van der Waals surface area contributed by atoms with Crippen molar-refractivity contribution in [1.29, 1.82) is 0 Å². The van der Waals surface area contributed by atoms with Crippen LogP contribution in [0.4, 0.5) is 0 Å². The molecule has 0 aliphatic heterocycles. The number of nitrogens with zero attached hydrogens (tertiary/aromatic N) is 2. The van der Waals surface area contributed by atoms with E-state index in [0.717, 1.165) is 16.7 Å². The van der Waals surface area contributed by atoms with Crippen LogP contribution in [0.15, 0.2) is 122 Å². The number of aliphatic hydroxyl groups is 1. The van der Waals surface area contributed by atoms with Crippen LogP contribution in [0.2, 0.25) is 5.02 Å². The topological polar surface area (TPSA) is 47.3 Å². The summed E-state index contributed by atoms with van der Waals surface area (Å²) in [5, 5.41) is 11.8. The van der Waals surface area contributed by atoms with Crippen molar-refractivity contribution in [2.45, 2.75) is 11.6 Å². The van der Waals surface area contributed by atoms with Gasteiger partial charge in [-0.05, 0) is 28.8 Å². The van der Waals surface area contributed by atoms with E-state index in [1.165, 1.54) is 0 Å². The van der Waals surface area contributed by atoms with Gasteiger partial charge in [0.25, 0.3) is 0 Å². The Morgan fingerprint density at radius 2 is 1.31 bits per heavy atom. The Morgan fingerprint density at radius 1 is 0.800 bits per heavy atom. The monoisotopic (exact) mass is 480 g/mol. The van der Waals surface area contributed by atoms with Gasteiger partial charge in [-0.2, -0.15) is 0 Å². The standard InChI is InChI=1S/C30H25ClN2O2/c1-35-28-19-25(31)17-18-26(28)29(34)27-20-33(21-32-27)30(22-11-5-2-6-12-22,23-13-7-3-8-14-23)24-15-9-4-10-16-24/h2-21,29,34H,1H3. The van der Waals surface area contributed by atoms with Crippen LogP contribution in [-0.4, -0.2) is 21.8 Å². The predicted octanol–water partition coefficient (Wildman–Crippen LogP) is 6.47. The molecular weight excluding hydrogens is 456 g/mol. The van der Waals surface area contributed by atoms with Gasteiger partial charge in [0.1, 0.15) is 17.4 Å². The minimum absolute atomic E-state index is 0.512. The molecule has 1 unspecified atom stereocenters. The normalized spacial score (nSPS) is 12.3. The Bertz CT molecular complexity index is 1310. The van der Waals surface area contributed by atoms with Gasteiger partial charge in [-0.25, -0.2) is 4.98 Å². The van der Waals surface area contributed by atoms with Gasteiger partial charge in [0, 0.05) is 16.8 Å². The number of aliphatic hydroxyl groups excluding tert-OH is 1. The van der Waals surface area contributed by atoms with E-state index in [4.69, 9.17) is 16.3 Å². The van der Waals surface area contributed by atoms with E-state index < -0.39 is 11.6 Å². The number of methoxy groups -OCH3 is 1. The highest BCUT2D eigenvalue weighted by Crippen LogP contribution is 2.41. The van der Waals surface area contributed by atoms with Crippen LogP contribution in [0.1, 0.15) is 34.1 Å². The van der Waals surface area contributed by atoms with Gasteiger partial charge in [0.15, 0.2) is 0 Å². The molecule has 0 saturated heterocycles. The molecule has 1 atom stereocenters. The minimum Gasteiger partial charge on any atom is -0.496 e. The van der Waals surface area contributed by atoms with Gasteiger partial charge in [-0.15, -0.1) is 0 Å². The first-order valence-corrected chi connectivity index (χ1v) is 11.7. The fraction of sp³-hybridized carbons (Fsp3) is 0.100. The molecule has 0 spiro atoms. The van der Waals surface area contributed by atoms with E-state index in [0.29, 0.717) is 22.0 Å². The molecule has 1 heterocycles. The van der Waals surface area contributed by atoms with Gasteiger partial charge in [0.2, 0.25) is 0 Å². The maximum atomic E-state index is 11.3. The fourth-order valence-electron chi connectivity index (χ4n) is 4.72. The lowest BCUT2D eigenvalue weighted by Crippen LogP contribution is -2.37. The van der Waals surface area contributed by atoms with Crippen molar-refractivity contribution >= 4 is 11.6 Å². The summed E-state index contributed by atoms with van der Waals surface area (Å²) >= 11 is 6.13. The molecule has 4 aromatic carbocycles. The van der Waals surface area contributed by atoms with Crippen molar-refractivity contribution in [3.63, 3.8) is 0 Å². The second kappa shape index (κ2) is 9.79. The molecule has 1 aromatic heterocycles. The van der Waals surface area contributed by atoms with Crippen LogP contribution in [0, 0.1) is 0 Å². The van der Waals surface area contributed by atoms with Crippen LogP contribution < -0.4 is 4.74 Å². The van der Waals surface area contributed by atoms with Crippen molar-refractivity contribution in [1.82, 2.24) is 9.55 Å². The average Bonchev–Trinajstić information content (AvgIpc) is 3.41. The number of imidazole rings is 1. The highest BCUT2D eigenvalue weighted by atomic mass is 35.5. The quantitative estimate of drug-likeness (QED) is 0.272. The molecule has 35 heavy (non-hydrogen) atoms. The maximum Gasteiger partial charge on any atom is 0.126 e. The highest BCUT2D eigenvalue weighted by molar-refractivity contribution is 6.30. The van der Waals surface area contributed by atoms with E-state index in [1.807, 2.05) is 60.8 Å². The Labute approximate surface area is 210 Å². The van der Waals surface area contributed by atoms with E-state index >= 15 is 0 Å². The smallest absolute Gasteiger partial charge is 0.126 e. The van der Waals surface area contributed by atoms with E-state index in [1.54, 1.807) is 31.6 Å². The summed E-state index contributed by atoms with van der Waals surface area (Å²) in [4.78, 5) is 4.66. The van der Waals surface area contributed by atoms with Crippen molar-refractivity contribution < 1.29 is 9.84 Å². The molecule has 4 nitrogen and oxygen atoms in total. The van der Waals surface area contributed by atoms with Gasteiger partial charge in [-0.1, -0.05) is 109 Å². The first-order valence-electron chi connectivity index (χ1n) is 11.4. The number of halogens is 1. The van der Waals surface area contributed by atoms with Crippen LogP contribution >= 0.6 is 11.6 Å². The first kappa shape index (κ1) is 22.9. The second-order valence-corrected chi connectivity index (χ2v) is 8.74. The SMILES string of the molecule is COc1cc(Cl)ccc1C(O)c1cn(C(c2ccccc2)(c2ccccc2)c2ccccc2)cn1. The lowest BCUT2D eigenvalue weighted by molar-refractivity contribution is 0.210. The Kier molecular flexibility index (Phi) is 6.41. The van der Waals surface area contributed by atoms with Gasteiger partial charge in [0.05, 0.1) is 19.1 Å². The van der Waals surface area contributed by atoms with E-state index in [-0.39, 0.29) is 0 Å². The van der Waals surface area contributed by atoms with Gasteiger partial charge in [-0.3, -0.25) is 0 Å². The average molecular weight is 481 g/mol. The Hall–Kier alpha value is -3.86. The van der Waals surface area contributed by atoms with Crippen molar-refractivity contribution in [2.24, 2.45) is 0 Å². The predicted molar refractivity (Wildman–Crippen MR) is 139 cm³/mol. The molecular formula is C30H25ClN2O2. The molecule has 0 fully saturated rings. The van der Waals surface area contributed by atoms with Crippen LogP contribution in [0.3, 0.4) is 0 Å². The molecule has 5 rings (SSSR count). The molecule has 0 aliphatic carbocycles. The summed E-state index contributed by atoms with van der Waals surface area (Å²) in [7, 11) is 1.56. The highest BCUT2D eigenvalue weighted by Gasteiger charge is 2.38. The lowest BCUT2D eigenvalue weighted by Gasteiger charge is -2.37. The third kappa shape index (κ3) is 4.12. The van der Waals surface area contributed by atoms with Crippen molar-refractivity contribution in [3.8, 4) is 5.75 Å². The summed E-state index contributed by atoms with van der Waals surface area (Å²) in [6.07, 6.45) is 2.71. The third-order valence-electron chi connectivity index (χ3n) is 6.33. The molecule has 5 aromatic rings. The van der Waals surface area contributed by atoms with E-state index in [9.17, 15) is 5.11 Å². The summed E-state index contributed by atoms with van der Waals surface area (Å²) in [5.41, 5.74) is 3.67. The molecule has 0 bridgehead atoms. The van der Waals surface area contributed by atoms with Gasteiger partial charge >= 0.3 is 0 Å². The largest absolute Gasteiger partial charge is 0.496 e. The number of benzene rings is 4. The molecule has 0 saturated carbocycles. The van der Waals surface area contributed by atoms with Crippen molar-refractivity contribution in [3.05, 3.63) is 155 Å². The molecule has 5 heteroatoms. The maximum absolute atomic E-state index is 11.3. The number of ether oxygens (including phenoxy) is 1. The summed E-state index contributed by atoms with van der Waals surface area (Å²) in [6, 6.07) is 36.2. The Balaban J connectivity index is 1.73. The van der Waals surface area contributed by atoms with Crippen LogP contribution in [0.25, 0.3) is 0 Å². The molecule has 174 valence electrons. The lowest BCUT2D eigenvalue weighted by atomic mass is 9.77. The second-order valence-electron chi connectivity index (χ2n) is 8.30. The van der Waals surface area contributed by atoms with E-state index in [2.05, 4.69) is 45.9 Å². The molecule has 0 amide bonds. The van der Waals surface area contributed by atoms with Crippen molar-refractivity contribution in [2.75, 3.05) is 7.11 Å². The number of aromatic nitrogens is 2. The van der Waals surface area contributed by atoms with Crippen LogP contribution in [0.5, 0.6) is 5.75 Å².